The Morgan fingerprint density at radius 3 is 2.73 bits per heavy atom. The Kier molecular flexibility index (Phi) is 4.58. The van der Waals surface area contributed by atoms with E-state index >= 15 is 0 Å². The molecule has 2 fully saturated rings. The number of aromatic carboxylic acids is 1. The van der Waals surface area contributed by atoms with Crippen molar-refractivity contribution in [3.63, 3.8) is 0 Å². The molecule has 1 saturated heterocycles. The molecule has 2 bridgehead atoms. The van der Waals surface area contributed by atoms with E-state index in [4.69, 9.17) is 4.74 Å². The van der Waals surface area contributed by atoms with Gasteiger partial charge in [-0.2, -0.15) is 0 Å². The molecule has 2 aromatic rings. The number of piperidine rings is 1. The van der Waals surface area contributed by atoms with E-state index in [-0.39, 0.29) is 46.5 Å². The zero-order valence-electron chi connectivity index (χ0n) is 20.1. The Balaban J connectivity index is 1.33. The molecule has 1 amide bonds. The number of hydrogen-bond donors (Lipinski definition) is 5. The van der Waals surface area contributed by atoms with Crippen LogP contribution in [0.25, 0.3) is 0 Å². The first-order valence-electron chi connectivity index (χ1n) is 12.8. The van der Waals surface area contributed by atoms with Gasteiger partial charge in [0, 0.05) is 30.3 Å². The van der Waals surface area contributed by atoms with Crippen LogP contribution in [0.1, 0.15) is 47.2 Å². The number of carbonyl (C=O) groups excluding carboxylic acids is 1. The maximum absolute atomic E-state index is 13.5. The van der Waals surface area contributed by atoms with Gasteiger partial charge in [-0.25, -0.2) is 4.79 Å². The summed E-state index contributed by atoms with van der Waals surface area (Å²) in [5, 5.41) is 46.7. The van der Waals surface area contributed by atoms with Crippen molar-refractivity contribution in [3.05, 3.63) is 64.4 Å². The minimum Gasteiger partial charge on any atom is -0.508 e. The summed E-state index contributed by atoms with van der Waals surface area (Å²) < 4.78 is 6.20. The fourth-order valence-corrected chi connectivity index (χ4v) is 7.30. The minimum atomic E-state index is -1.40. The Labute approximate surface area is 213 Å². The van der Waals surface area contributed by atoms with Gasteiger partial charge in [0.2, 0.25) is 0 Å². The zero-order valence-corrected chi connectivity index (χ0v) is 20.1. The average molecular weight is 505 g/mol. The van der Waals surface area contributed by atoms with E-state index in [2.05, 4.69) is 10.2 Å². The first-order valence-corrected chi connectivity index (χ1v) is 12.8. The van der Waals surface area contributed by atoms with Gasteiger partial charge in [0.25, 0.3) is 5.91 Å². The number of anilines is 1. The first kappa shape index (κ1) is 22.6. The van der Waals surface area contributed by atoms with E-state index in [0.29, 0.717) is 18.8 Å². The monoisotopic (exact) mass is 504 g/mol. The highest BCUT2D eigenvalue weighted by molar-refractivity contribution is 6.05. The van der Waals surface area contributed by atoms with Crippen molar-refractivity contribution in [2.24, 2.45) is 5.92 Å². The number of carboxylic acids is 1. The van der Waals surface area contributed by atoms with Crippen molar-refractivity contribution in [3.8, 4) is 11.5 Å². The lowest BCUT2D eigenvalue weighted by molar-refractivity contribution is -0.172. The largest absolute Gasteiger partial charge is 0.508 e. The number of carboxylic acid groups (broad SMARTS) is 1. The summed E-state index contributed by atoms with van der Waals surface area (Å²) in [5.74, 6) is -1.16. The molecule has 7 rings (SSSR count). The van der Waals surface area contributed by atoms with Gasteiger partial charge in [0.1, 0.15) is 5.76 Å². The number of likely N-dealkylation sites (tertiary alicyclic amines) is 1. The standard InChI is InChI=1S/C28H28N2O7/c31-19-7-6-15-11-20-28(36)12-18(25(33)29-17-3-1-2-16(10-17)26(34)35)22(32)24-27(28,21(15)23(19)37-24)8-9-30(20)13-14-4-5-14/h1-3,6-7,10,14,20,24,31-32,36H,4-5,8-9,11-13H2,(H,29,33)(H,34,35)/t20-,24+,27+,28-/m1/s1. The van der Waals surface area contributed by atoms with Crippen LogP contribution in [0.4, 0.5) is 5.69 Å². The molecule has 5 aliphatic rings. The highest BCUT2D eigenvalue weighted by Crippen LogP contribution is 2.66. The molecule has 192 valence electrons. The van der Waals surface area contributed by atoms with E-state index in [0.717, 1.165) is 24.2 Å². The van der Waals surface area contributed by atoms with Gasteiger partial charge in [0.15, 0.2) is 17.6 Å². The molecule has 0 aromatic heterocycles. The lowest BCUT2D eigenvalue weighted by Crippen LogP contribution is -2.75. The smallest absolute Gasteiger partial charge is 0.335 e. The van der Waals surface area contributed by atoms with Crippen molar-refractivity contribution >= 4 is 17.6 Å². The van der Waals surface area contributed by atoms with Crippen LogP contribution in [0.2, 0.25) is 0 Å². The predicted molar refractivity (Wildman–Crippen MR) is 132 cm³/mol. The molecule has 2 aliphatic heterocycles. The van der Waals surface area contributed by atoms with Crippen LogP contribution in [-0.2, 0) is 16.6 Å². The SMILES string of the molecule is O=C(Nc1cccc(C(=O)O)c1)C1=C(O)[C@@H]2Oc3c(O)ccc4c3[C@@]23CCN(CC2CC2)[C@H](C4)[C@]3(O)C1. The maximum Gasteiger partial charge on any atom is 0.335 e. The molecule has 3 aliphatic carbocycles. The molecule has 9 nitrogen and oxygen atoms in total. The molecule has 2 aromatic carbocycles. The van der Waals surface area contributed by atoms with Crippen LogP contribution in [0.15, 0.2) is 47.7 Å². The molecule has 9 heteroatoms. The molecular weight excluding hydrogens is 476 g/mol. The Hall–Kier alpha value is -3.56. The zero-order chi connectivity index (χ0) is 25.7. The van der Waals surface area contributed by atoms with Gasteiger partial charge < -0.3 is 30.5 Å². The van der Waals surface area contributed by atoms with Crippen molar-refractivity contribution < 1.29 is 34.8 Å². The molecule has 0 unspecified atom stereocenters. The lowest BCUT2D eigenvalue weighted by atomic mass is 9.49. The van der Waals surface area contributed by atoms with Crippen LogP contribution >= 0.6 is 0 Å². The average Bonchev–Trinajstić information content (AvgIpc) is 3.61. The highest BCUT2D eigenvalue weighted by Gasteiger charge is 2.73. The van der Waals surface area contributed by atoms with Gasteiger partial charge in [-0.1, -0.05) is 12.1 Å². The van der Waals surface area contributed by atoms with Gasteiger partial charge >= 0.3 is 5.97 Å². The number of hydrogen-bond acceptors (Lipinski definition) is 7. The second-order valence-electron chi connectivity index (χ2n) is 11.1. The summed E-state index contributed by atoms with van der Waals surface area (Å²) in [6.07, 6.45) is 2.35. The number of ether oxygens (including phenoxy) is 1. The highest BCUT2D eigenvalue weighted by atomic mass is 16.5. The second-order valence-corrected chi connectivity index (χ2v) is 11.1. The van der Waals surface area contributed by atoms with E-state index in [1.54, 1.807) is 12.1 Å². The topological polar surface area (TPSA) is 140 Å². The van der Waals surface area contributed by atoms with Crippen molar-refractivity contribution in [2.75, 3.05) is 18.4 Å². The van der Waals surface area contributed by atoms with Crippen LogP contribution in [0, 0.1) is 5.92 Å². The number of carbonyl (C=O) groups is 2. The molecule has 37 heavy (non-hydrogen) atoms. The number of nitrogens with zero attached hydrogens (tertiary/aromatic N) is 1. The summed E-state index contributed by atoms with van der Waals surface area (Å²) >= 11 is 0. The number of phenols is 1. The summed E-state index contributed by atoms with van der Waals surface area (Å²) in [4.78, 5) is 27.2. The number of aliphatic hydroxyl groups excluding tert-OH is 1. The second kappa shape index (κ2) is 7.49. The number of rotatable bonds is 5. The quantitative estimate of drug-likeness (QED) is 0.419. The van der Waals surface area contributed by atoms with Gasteiger partial charge in [-0.05, 0) is 68.0 Å². The van der Waals surface area contributed by atoms with E-state index in [1.807, 2.05) is 6.07 Å². The predicted octanol–water partition coefficient (Wildman–Crippen LogP) is 2.72. The van der Waals surface area contributed by atoms with Crippen molar-refractivity contribution in [1.82, 2.24) is 4.90 Å². The molecule has 1 saturated carbocycles. The van der Waals surface area contributed by atoms with E-state index in [1.165, 1.54) is 31.0 Å². The third-order valence-corrected chi connectivity index (χ3v) is 9.16. The third kappa shape index (κ3) is 2.98. The summed E-state index contributed by atoms with van der Waals surface area (Å²) in [7, 11) is 0. The fraction of sp³-hybridized carbons (Fsp3) is 0.429. The summed E-state index contributed by atoms with van der Waals surface area (Å²) in [5.41, 5.74) is -0.327. The minimum absolute atomic E-state index is 0.0119. The maximum atomic E-state index is 13.5. The van der Waals surface area contributed by atoms with Crippen LogP contribution in [0.5, 0.6) is 11.5 Å². The Morgan fingerprint density at radius 2 is 1.97 bits per heavy atom. The van der Waals surface area contributed by atoms with Crippen LogP contribution in [-0.4, -0.2) is 68.0 Å². The third-order valence-electron chi connectivity index (χ3n) is 9.16. The Morgan fingerprint density at radius 1 is 1.16 bits per heavy atom. The number of phenolic OH excluding ortho intramolecular Hbond substituents is 1. The van der Waals surface area contributed by atoms with Gasteiger partial charge in [-0.3, -0.25) is 9.69 Å². The number of nitrogens with one attached hydrogen (secondary N) is 1. The van der Waals surface area contributed by atoms with Crippen molar-refractivity contribution in [1.29, 1.82) is 0 Å². The molecule has 2 heterocycles. The first-order chi connectivity index (χ1) is 17.7. The molecule has 1 spiro atoms. The number of amides is 1. The lowest BCUT2D eigenvalue weighted by Gasteiger charge is -2.62. The van der Waals surface area contributed by atoms with Gasteiger partial charge in [-0.15, -0.1) is 0 Å². The summed E-state index contributed by atoms with van der Waals surface area (Å²) in [6.45, 7) is 1.61. The van der Waals surface area contributed by atoms with Crippen molar-refractivity contribution in [2.45, 2.75) is 55.3 Å². The summed E-state index contributed by atoms with van der Waals surface area (Å²) in [6, 6.07) is 9.06. The number of aliphatic hydroxyl groups is 2. The molecule has 4 atom stereocenters. The Bertz CT molecular complexity index is 1400. The molecular formula is C28H28N2O7. The van der Waals surface area contributed by atoms with E-state index < -0.39 is 29.0 Å². The fourth-order valence-electron chi connectivity index (χ4n) is 7.30. The van der Waals surface area contributed by atoms with E-state index in [9.17, 15) is 30.0 Å². The molecule has 0 radical (unpaired) electrons. The van der Waals surface area contributed by atoms with Crippen LogP contribution < -0.4 is 10.1 Å². The van der Waals surface area contributed by atoms with Crippen LogP contribution in [0.3, 0.4) is 0 Å². The number of aromatic hydroxyl groups is 1. The molecule has 5 N–H and O–H groups in total. The van der Waals surface area contributed by atoms with Gasteiger partial charge in [0.05, 0.1) is 22.2 Å². The number of benzene rings is 2. The normalized spacial score (nSPS) is 31.5.